The van der Waals surface area contributed by atoms with Gasteiger partial charge in [-0.15, -0.1) is 0 Å². The van der Waals surface area contributed by atoms with Crippen LogP contribution >= 0.6 is 0 Å². The second kappa shape index (κ2) is 9.06. The Balaban J connectivity index is 1.21. The van der Waals surface area contributed by atoms with Gasteiger partial charge in [0.25, 0.3) is 0 Å². The van der Waals surface area contributed by atoms with E-state index in [0.717, 1.165) is 109 Å². The van der Waals surface area contributed by atoms with Crippen molar-refractivity contribution in [2.45, 2.75) is 63.4 Å². The van der Waals surface area contributed by atoms with Gasteiger partial charge in [-0.3, -0.25) is 4.79 Å². The maximum absolute atomic E-state index is 12.6. The van der Waals surface area contributed by atoms with E-state index in [1.54, 1.807) is 0 Å². The summed E-state index contributed by atoms with van der Waals surface area (Å²) in [6, 6.07) is 0. The average molecular weight is 378 g/mol. The first-order valence-electron chi connectivity index (χ1n) is 11.0. The third kappa shape index (κ3) is 4.57. The van der Waals surface area contributed by atoms with Crippen molar-refractivity contribution < 1.29 is 19.0 Å². The summed E-state index contributed by atoms with van der Waals surface area (Å²) in [4.78, 5) is 14.7. The summed E-state index contributed by atoms with van der Waals surface area (Å²) in [5, 5.41) is 0. The van der Waals surface area contributed by atoms with Crippen molar-refractivity contribution in [3.8, 4) is 0 Å². The fraction of sp³-hybridized carbons (Fsp3) is 0.864. The highest BCUT2D eigenvalue weighted by molar-refractivity contribution is 5.93. The lowest BCUT2D eigenvalue weighted by Crippen LogP contribution is -2.49. The number of ether oxygens (including phenoxy) is 3. The van der Waals surface area contributed by atoms with Gasteiger partial charge in [-0.1, -0.05) is 6.08 Å². The third-order valence-electron chi connectivity index (χ3n) is 7.12. The number of amides is 1. The molecule has 0 radical (unpaired) electrons. The number of carbonyl (C=O) groups is 1. The number of hydrogen-bond acceptors (Lipinski definition) is 4. The van der Waals surface area contributed by atoms with E-state index in [2.05, 4.69) is 11.0 Å². The van der Waals surface area contributed by atoms with Gasteiger partial charge in [0.05, 0.1) is 5.60 Å². The maximum Gasteiger partial charge on any atom is 0.249 e. The summed E-state index contributed by atoms with van der Waals surface area (Å²) in [7, 11) is 0. The number of hydrogen-bond donors (Lipinski definition) is 0. The van der Waals surface area contributed by atoms with Gasteiger partial charge < -0.3 is 19.1 Å². The first-order chi connectivity index (χ1) is 13.3. The fourth-order valence-corrected chi connectivity index (χ4v) is 5.29. The molecule has 4 aliphatic rings. The van der Waals surface area contributed by atoms with Gasteiger partial charge >= 0.3 is 0 Å². The molecule has 5 nitrogen and oxygen atoms in total. The molecule has 0 aromatic heterocycles. The Bertz CT molecular complexity index is 532. The molecular weight excluding hydrogens is 342 g/mol. The Labute approximate surface area is 163 Å². The molecule has 1 aliphatic carbocycles. The van der Waals surface area contributed by atoms with Gasteiger partial charge in [-0.25, -0.2) is 0 Å². The van der Waals surface area contributed by atoms with Crippen LogP contribution in [0, 0.1) is 11.8 Å². The van der Waals surface area contributed by atoms with Crippen molar-refractivity contribution in [2.24, 2.45) is 11.8 Å². The Morgan fingerprint density at radius 3 is 2.74 bits per heavy atom. The molecule has 3 heterocycles. The zero-order valence-electron chi connectivity index (χ0n) is 16.6. The molecule has 0 saturated carbocycles. The van der Waals surface area contributed by atoms with E-state index in [9.17, 15) is 4.79 Å². The van der Waals surface area contributed by atoms with Crippen LogP contribution in [0.4, 0.5) is 0 Å². The van der Waals surface area contributed by atoms with Crippen LogP contribution in [0.3, 0.4) is 0 Å². The first kappa shape index (κ1) is 19.4. The van der Waals surface area contributed by atoms with E-state index in [0.29, 0.717) is 11.8 Å². The van der Waals surface area contributed by atoms with Crippen molar-refractivity contribution in [3.63, 3.8) is 0 Å². The maximum atomic E-state index is 12.6. The Morgan fingerprint density at radius 2 is 2.00 bits per heavy atom. The summed E-state index contributed by atoms with van der Waals surface area (Å²) in [6.07, 6.45) is 11.8. The molecule has 4 rings (SSSR count). The summed E-state index contributed by atoms with van der Waals surface area (Å²) in [5.41, 5.74) is 1.03. The second-order valence-electron chi connectivity index (χ2n) is 8.73. The van der Waals surface area contributed by atoms with Crippen LogP contribution in [0.15, 0.2) is 11.6 Å². The van der Waals surface area contributed by atoms with Crippen LogP contribution in [0.5, 0.6) is 0 Å². The van der Waals surface area contributed by atoms with E-state index in [-0.39, 0.29) is 11.5 Å². The highest BCUT2D eigenvalue weighted by Gasteiger charge is 2.46. The predicted molar refractivity (Wildman–Crippen MR) is 104 cm³/mol. The van der Waals surface area contributed by atoms with Crippen molar-refractivity contribution in [3.05, 3.63) is 11.6 Å². The molecule has 3 fully saturated rings. The quantitative estimate of drug-likeness (QED) is 0.666. The van der Waals surface area contributed by atoms with Crippen LogP contribution in [-0.2, 0) is 19.0 Å². The van der Waals surface area contributed by atoms with E-state index in [1.165, 1.54) is 0 Å². The molecule has 152 valence electrons. The normalized spacial score (nSPS) is 28.7. The summed E-state index contributed by atoms with van der Waals surface area (Å²) in [6.45, 7) is 6.04. The SMILES string of the molecule is O=C(C1=CCCC1)N1CCC2(CC1)OCC[C@@H]2CCOCC1CCOCC1. The van der Waals surface area contributed by atoms with Crippen molar-refractivity contribution in [1.82, 2.24) is 4.90 Å². The van der Waals surface area contributed by atoms with Gasteiger partial charge in [0, 0.05) is 51.7 Å². The molecule has 0 bridgehead atoms. The van der Waals surface area contributed by atoms with E-state index in [1.807, 2.05) is 0 Å². The number of likely N-dealkylation sites (tertiary alicyclic amines) is 1. The lowest BCUT2D eigenvalue weighted by molar-refractivity contribution is -0.134. The predicted octanol–water partition coefficient (Wildman–Crippen LogP) is 3.33. The van der Waals surface area contributed by atoms with Crippen molar-refractivity contribution in [1.29, 1.82) is 0 Å². The molecular formula is C22H35NO4. The average Bonchev–Trinajstić information content (AvgIpc) is 3.37. The first-order valence-corrected chi connectivity index (χ1v) is 11.0. The molecule has 27 heavy (non-hydrogen) atoms. The summed E-state index contributed by atoms with van der Waals surface area (Å²) < 4.78 is 17.7. The lowest BCUT2D eigenvalue weighted by Gasteiger charge is -2.42. The minimum absolute atomic E-state index is 0.0110. The number of piperidine rings is 1. The van der Waals surface area contributed by atoms with Crippen molar-refractivity contribution >= 4 is 5.91 Å². The number of rotatable bonds is 6. The molecule has 0 aromatic carbocycles. The highest BCUT2D eigenvalue weighted by atomic mass is 16.5. The smallest absolute Gasteiger partial charge is 0.249 e. The second-order valence-corrected chi connectivity index (χ2v) is 8.73. The molecule has 1 amide bonds. The highest BCUT2D eigenvalue weighted by Crippen LogP contribution is 2.42. The zero-order valence-corrected chi connectivity index (χ0v) is 16.6. The van der Waals surface area contributed by atoms with E-state index in [4.69, 9.17) is 14.2 Å². The van der Waals surface area contributed by atoms with Crippen LogP contribution < -0.4 is 0 Å². The van der Waals surface area contributed by atoms with Crippen LogP contribution in [0.25, 0.3) is 0 Å². The zero-order chi connectivity index (χ0) is 18.5. The van der Waals surface area contributed by atoms with Gasteiger partial charge in [0.15, 0.2) is 0 Å². The van der Waals surface area contributed by atoms with Crippen LogP contribution in [0.2, 0.25) is 0 Å². The number of allylic oxidation sites excluding steroid dienone is 1. The monoisotopic (exact) mass is 377 g/mol. The molecule has 5 heteroatoms. The lowest BCUT2D eigenvalue weighted by atomic mass is 9.78. The van der Waals surface area contributed by atoms with Crippen molar-refractivity contribution in [2.75, 3.05) is 46.1 Å². The molecule has 0 N–H and O–H groups in total. The minimum atomic E-state index is -0.0110. The van der Waals surface area contributed by atoms with Gasteiger partial charge in [-0.05, 0) is 69.6 Å². The Hall–Kier alpha value is -0.910. The number of nitrogens with zero attached hydrogens (tertiary/aromatic N) is 1. The van der Waals surface area contributed by atoms with Crippen LogP contribution in [0.1, 0.15) is 57.8 Å². The van der Waals surface area contributed by atoms with Gasteiger partial charge in [0.2, 0.25) is 5.91 Å². The third-order valence-corrected chi connectivity index (χ3v) is 7.12. The molecule has 3 aliphatic heterocycles. The standard InChI is InChI=1S/C22H35NO4/c24-21(19-3-1-2-4-19)23-11-9-22(10-12-23)20(8-16-27-22)7-15-26-17-18-5-13-25-14-6-18/h3,18,20H,1-2,4-17H2/t20-/m0/s1. The fourth-order valence-electron chi connectivity index (χ4n) is 5.29. The van der Waals surface area contributed by atoms with E-state index < -0.39 is 0 Å². The Kier molecular flexibility index (Phi) is 6.51. The molecule has 0 aromatic rings. The number of carbonyl (C=O) groups excluding carboxylic acids is 1. The summed E-state index contributed by atoms with van der Waals surface area (Å²) in [5.74, 6) is 1.53. The van der Waals surface area contributed by atoms with Crippen LogP contribution in [-0.4, -0.2) is 62.5 Å². The van der Waals surface area contributed by atoms with Gasteiger partial charge in [0.1, 0.15) is 0 Å². The van der Waals surface area contributed by atoms with E-state index >= 15 is 0 Å². The molecule has 1 atom stereocenters. The summed E-state index contributed by atoms with van der Waals surface area (Å²) >= 11 is 0. The molecule has 0 unspecified atom stereocenters. The minimum Gasteiger partial charge on any atom is -0.381 e. The largest absolute Gasteiger partial charge is 0.381 e. The molecule has 3 saturated heterocycles. The Morgan fingerprint density at radius 1 is 1.19 bits per heavy atom. The topological polar surface area (TPSA) is 48.0 Å². The molecule has 1 spiro atoms. The van der Waals surface area contributed by atoms with Gasteiger partial charge in [-0.2, -0.15) is 0 Å².